The van der Waals surface area contributed by atoms with Gasteiger partial charge < -0.3 is 10.2 Å². The summed E-state index contributed by atoms with van der Waals surface area (Å²) in [6.07, 6.45) is 0. The molecule has 4 amide bonds. The molecule has 0 spiro atoms. The molecule has 0 bridgehead atoms. The minimum Gasteiger partial charge on any atom is -0.340 e. The molecular weight excluding hydrogens is 308 g/mol. The average molecular weight is 332 g/mol. The average Bonchev–Trinajstić information content (AvgIpc) is 2.56. The number of benzene rings is 1. The second kappa shape index (κ2) is 8.44. The molecule has 7 heteroatoms. The SMILES string of the molecule is CCNC(=O)NC(=O)C(c1ccccc1)N1CCN(C(C)=O)CC1. The summed E-state index contributed by atoms with van der Waals surface area (Å²) < 4.78 is 0. The monoisotopic (exact) mass is 332 g/mol. The first-order chi connectivity index (χ1) is 11.5. The number of urea groups is 1. The lowest BCUT2D eigenvalue weighted by Gasteiger charge is -2.38. The van der Waals surface area contributed by atoms with E-state index in [9.17, 15) is 14.4 Å². The summed E-state index contributed by atoms with van der Waals surface area (Å²) in [6, 6.07) is 8.32. The maximum atomic E-state index is 12.6. The Balaban J connectivity index is 2.14. The Morgan fingerprint density at radius 1 is 1.08 bits per heavy atom. The Morgan fingerprint density at radius 2 is 1.71 bits per heavy atom. The molecule has 130 valence electrons. The van der Waals surface area contributed by atoms with Crippen molar-refractivity contribution in [3.05, 3.63) is 35.9 Å². The van der Waals surface area contributed by atoms with E-state index >= 15 is 0 Å². The molecule has 0 radical (unpaired) electrons. The zero-order valence-electron chi connectivity index (χ0n) is 14.1. The minimum absolute atomic E-state index is 0.0395. The van der Waals surface area contributed by atoms with Gasteiger partial charge in [0.2, 0.25) is 11.8 Å². The molecule has 1 aliphatic rings. The molecule has 1 atom stereocenters. The third-order valence-corrected chi connectivity index (χ3v) is 4.06. The van der Waals surface area contributed by atoms with Gasteiger partial charge in [-0.25, -0.2) is 4.79 Å². The number of piperazine rings is 1. The van der Waals surface area contributed by atoms with E-state index in [1.165, 1.54) is 0 Å². The first kappa shape index (κ1) is 17.9. The van der Waals surface area contributed by atoms with Crippen molar-refractivity contribution < 1.29 is 14.4 Å². The molecule has 2 N–H and O–H groups in total. The molecule has 1 aromatic carbocycles. The molecule has 1 heterocycles. The van der Waals surface area contributed by atoms with Crippen LogP contribution >= 0.6 is 0 Å². The van der Waals surface area contributed by atoms with Gasteiger partial charge in [-0.3, -0.25) is 19.8 Å². The van der Waals surface area contributed by atoms with Crippen LogP contribution < -0.4 is 10.6 Å². The summed E-state index contributed by atoms with van der Waals surface area (Å²) in [6.45, 7) is 6.11. The van der Waals surface area contributed by atoms with Crippen LogP contribution in [0.3, 0.4) is 0 Å². The third kappa shape index (κ3) is 4.55. The lowest BCUT2D eigenvalue weighted by molar-refractivity contribution is -0.132. The maximum Gasteiger partial charge on any atom is 0.321 e. The third-order valence-electron chi connectivity index (χ3n) is 4.06. The zero-order chi connectivity index (χ0) is 17.5. The summed E-state index contributed by atoms with van der Waals surface area (Å²) in [5.41, 5.74) is 0.829. The van der Waals surface area contributed by atoms with Crippen LogP contribution in [0.1, 0.15) is 25.5 Å². The van der Waals surface area contributed by atoms with E-state index in [1.54, 1.807) is 18.7 Å². The Labute approximate surface area is 142 Å². The van der Waals surface area contributed by atoms with Crippen molar-refractivity contribution in [3.8, 4) is 0 Å². The predicted molar refractivity (Wildman–Crippen MR) is 90.2 cm³/mol. The number of carbonyl (C=O) groups excluding carboxylic acids is 3. The van der Waals surface area contributed by atoms with E-state index in [1.807, 2.05) is 35.2 Å². The van der Waals surface area contributed by atoms with E-state index in [-0.39, 0.29) is 11.8 Å². The van der Waals surface area contributed by atoms with E-state index in [0.29, 0.717) is 32.7 Å². The molecule has 7 nitrogen and oxygen atoms in total. The van der Waals surface area contributed by atoms with Gasteiger partial charge in [-0.15, -0.1) is 0 Å². The number of nitrogens with one attached hydrogen (secondary N) is 2. The van der Waals surface area contributed by atoms with Crippen LogP contribution in [0.15, 0.2) is 30.3 Å². The number of rotatable bonds is 4. The summed E-state index contributed by atoms with van der Waals surface area (Å²) in [4.78, 5) is 39.6. The number of hydrogen-bond acceptors (Lipinski definition) is 4. The zero-order valence-corrected chi connectivity index (χ0v) is 14.1. The van der Waals surface area contributed by atoms with E-state index in [4.69, 9.17) is 0 Å². The van der Waals surface area contributed by atoms with Crippen LogP contribution in [0.5, 0.6) is 0 Å². The van der Waals surface area contributed by atoms with Gasteiger partial charge in [0.15, 0.2) is 0 Å². The van der Waals surface area contributed by atoms with E-state index in [0.717, 1.165) is 5.56 Å². The van der Waals surface area contributed by atoms with Gasteiger partial charge in [0.1, 0.15) is 6.04 Å². The lowest BCUT2D eigenvalue weighted by atomic mass is 10.0. The summed E-state index contributed by atoms with van der Waals surface area (Å²) in [7, 11) is 0. The highest BCUT2D eigenvalue weighted by molar-refractivity contribution is 5.97. The first-order valence-corrected chi connectivity index (χ1v) is 8.16. The lowest BCUT2D eigenvalue weighted by Crippen LogP contribution is -2.53. The summed E-state index contributed by atoms with van der Waals surface area (Å²) in [5, 5.41) is 4.96. The van der Waals surface area contributed by atoms with Crippen molar-refractivity contribution in [2.45, 2.75) is 19.9 Å². The normalized spacial score (nSPS) is 16.3. The molecular formula is C17H24N4O3. The van der Waals surface area contributed by atoms with Crippen molar-refractivity contribution in [1.29, 1.82) is 0 Å². The van der Waals surface area contributed by atoms with Crippen molar-refractivity contribution in [2.75, 3.05) is 32.7 Å². The van der Waals surface area contributed by atoms with E-state index < -0.39 is 12.1 Å². The molecule has 1 aliphatic heterocycles. The van der Waals surface area contributed by atoms with Gasteiger partial charge >= 0.3 is 6.03 Å². The van der Waals surface area contributed by atoms with Gasteiger partial charge in [0, 0.05) is 39.6 Å². The number of nitrogens with zero attached hydrogens (tertiary/aromatic N) is 2. The van der Waals surface area contributed by atoms with Gasteiger partial charge in [-0.1, -0.05) is 30.3 Å². The second-order valence-corrected chi connectivity index (χ2v) is 5.70. The smallest absolute Gasteiger partial charge is 0.321 e. The van der Waals surface area contributed by atoms with E-state index in [2.05, 4.69) is 10.6 Å². The Kier molecular flexibility index (Phi) is 6.31. The van der Waals surface area contributed by atoms with Gasteiger partial charge in [-0.05, 0) is 12.5 Å². The Morgan fingerprint density at radius 3 is 2.25 bits per heavy atom. The highest BCUT2D eigenvalue weighted by Crippen LogP contribution is 2.22. The summed E-state index contributed by atoms with van der Waals surface area (Å²) in [5.74, 6) is -0.318. The molecule has 0 aliphatic carbocycles. The maximum absolute atomic E-state index is 12.6. The summed E-state index contributed by atoms with van der Waals surface area (Å²) >= 11 is 0. The molecule has 24 heavy (non-hydrogen) atoms. The van der Waals surface area contributed by atoms with Crippen LogP contribution in [-0.4, -0.2) is 60.4 Å². The number of imide groups is 1. The Hall–Kier alpha value is -2.41. The van der Waals surface area contributed by atoms with Crippen LogP contribution in [0.2, 0.25) is 0 Å². The van der Waals surface area contributed by atoms with Crippen molar-refractivity contribution >= 4 is 17.8 Å². The van der Waals surface area contributed by atoms with Crippen LogP contribution in [-0.2, 0) is 9.59 Å². The fourth-order valence-corrected chi connectivity index (χ4v) is 2.84. The largest absolute Gasteiger partial charge is 0.340 e. The number of carbonyl (C=O) groups is 3. The van der Waals surface area contributed by atoms with Crippen molar-refractivity contribution in [2.24, 2.45) is 0 Å². The Bertz CT molecular complexity index is 583. The van der Waals surface area contributed by atoms with Crippen LogP contribution in [0.4, 0.5) is 4.79 Å². The fourth-order valence-electron chi connectivity index (χ4n) is 2.84. The molecule has 1 aromatic rings. The van der Waals surface area contributed by atoms with Crippen molar-refractivity contribution in [1.82, 2.24) is 20.4 Å². The topological polar surface area (TPSA) is 81.8 Å². The second-order valence-electron chi connectivity index (χ2n) is 5.70. The van der Waals surface area contributed by atoms with Crippen LogP contribution in [0, 0.1) is 0 Å². The first-order valence-electron chi connectivity index (χ1n) is 8.16. The predicted octanol–water partition coefficient (Wildman–Crippen LogP) is 0.738. The van der Waals surface area contributed by atoms with Gasteiger partial charge in [0.05, 0.1) is 0 Å². The standard InChI is InChI=1S/C17H24N4O3/c1-3-18-17(24)19-16(23)15(14-7-5-4-6-8-14)21-11-9-20(10-12-21)13(2)22/h4-8,15H,3,9-12H2,1-2H3,(H2,18,19,23,24). The molecule has 0 aromatic heterocycles. The van der Waals surface area contributed by atoms with Gasteiger partial charge in [-0.2, -0.15) is 0 Å². The number of hydrogen-bond donors (Lipinski definition) is 2. The quantitative estimate of drug-likeness (QED) is 0.852. The minimum atomic E-state index is -0.553. The van der Waals surface area contributed by atoms with Crippen LogP contribution in [0.25, 0.3) is 0 Å². The highest BCUT2D eigenvalue weighted by atomic mass is 16.2. The number of amides is 4. The highest BCUT2D eigenvalue weighted by Gasteiger charge is 2.31. The van der Waals surface area contributed by atoms with Gasteiger partial charge in [0.25, 0.3) is 0 Å². The van der Waals surface area contributed by atoms with Crippen molar-refractivity contribution in [3.63, 3.8) is 0 Å². The molecule has 0 saturated carbocycles. The molecule has 1 saturated heterocycles. The fraction of sp³-hybridized carbons (Fsp3) is 0.471. The molecule has 1 fully saturated rings. The molecule has 1 unspecified atom stereocenters. The molecule has 2 rings (SSSR count).